The highest BCUT2D eigenvalue weighted by atomic mass is 35.5. The fraction of sp³-hybridized carbons (Fsp3) is 0.241. The molecule has 0 saturated carbocycles. The molecule has 0 aliphatic rings. The van der Waals surface area contributed by atoms with E-state index in [-0.39, 0.29) is 24.0 Å². The standard InChI is InChI=1S/C29H27ClFNO5/c1-29(2,3)37-28(34)32-21(16-23-25(32)14-13-24(31)27(23)30)17-36-22-11-9-20(10-12-22)19-7-5-18(6-8-19)15-26(33)35-4/h5-14,16H,15,17H2,1-4H3. The minimum absolute atomic E-state index is 0.0352. The molecule has 1 aromatic heterocycles. The maximum Gasteiger partial charge on any atom is 0.419 e. The summed E-state index contributed by atoms with van der Waals surface area (Å²) in [4.78, 5) is 24.4. The number of rotatable bonds is 6. The van der Waals surface area contributed by atoms with Crippen molar-refractivity contribution in [3.05, 3.63) is 88.8 Å². The molecular weight excluding hydrogens is 497 g/mol. The fourth-order valence-electron chi connectivity index (χ4n) is 3.86. The van der Waals surface area contributed by atoms with Crippen LogP contribution >= 0.6 is 11.6 Å². The molecule has 0 fully saturated rings. The van der Waals surface area contributed by atoms with Crippen molar-refractivity contribution in [1.29, 1.82) is 0 Å². The first-order valence-corrected chi connectivity index (χ1v) is 12.0. The highest BCUT2D eigenvalue weighted by Crippen LogP contribution is 2.31. The Balaban J connectivity index is 1.54. The number of carbonyl (C=O) groups excluding carboxylic acids is 2. The highest BCUT2D eigenvalue weighted by molar-refractivity contribution is 6.35. The SMILES string of the molecule is COC(=O)Cc1ccc(-c2ccc(OCc3cc4c(Cl)c(F)ccc4n3C(=O)OC(C)(C)C)cc2)cc1. The predicted molar refractivity (Wildman–Crippen MR) is 140 cm³/mol. The van der Waals surface area contributed by atoms with Gasteiger partial charge in [0.05, 0.1) is 29.8 Å². The highest BCUT2D eigenvalue weighted by Gasteiger charge is 2.24. The second kappa shape index (κ2) is 10.6. The molecule has 0 radical (unpaired) electrons. The van der Waals surface area contributed by atoms with Gasteiger partial charge in [0.25, 0.3) is 0 Å². The van der Waals surface area contributed by atoms with Crippen molar-refractivity contribution in [3.8, 4) is 16.9 Å². The molecule has 1 heterocycles. The third kappa shape index (κ3) is 6.12. The van der Waals surface area contributed by atoms with Gasteiger partial charge >= 0.3 is 12.1 Å². The zero-order valence-corrected chi connectivity index (χ0v) is 21.8. The topological polar surface area (TPSA) is 66.8 Å². The second-order valence-corrected chi connectivity index (χ2v) is 9.89. The van der Waals surface area contributed by atoms with E-state index in [4.69, 9.17) is 25.8 Å². The average Bonchev–Trinajstić information content (AvgIpc) is 3.24. The Morgan fingerprint density at radius 2 is 1.57 bits per heavy atom. The lowest BCUT2D eigenvalue weighted by atomic mass is 10.0. The summed E-state index contributed by atoms with van der Waals surface area (Å²) in [6.07, 6.45) is -0.378. The molecule has 0 atom stereocenters. The smallest absolute Gasteiger partial charge is 0.419 e. The number of hydrogen-bond donors (Lipinski definition) is 0. The van der Waals surface area contributed by atoms with Crippen molar-refractivity contribution in [3.63, 3.8) is 0 Å². The van der Waals surface area contributed by atoms with Gasteiger partial charge < -0.3 is 14.2 Å². The zero-order valence-electron chi connectivity index (χ0n) is 21.0. The largest absolute Gasteiger partial charge is 0.487 e. The molecule has 4 rings (SSSR count). The van der Waals surface area contributed by atoms with Crippen LogP contribution in [-0.2, 0) is 27.3 Å². The molecule has 192 valence electrons. The predicted octanol–water partition coefficient (Wildman–Crippen LogP) is 7.18. The molecule has 0 aliphatic heterocycles. The fourth-order valence-corrected chi connectivity index (χ4v) is 4.07. The molecule has 0 unspecified atom stereocenters. The lowest BCUT2D eigenvalue weighted by Crippen LogP contribution is -2.28. The third-order valence-electron chi connectivity index (χ3n) is 5.63. The molecule has 4 aromatic rings. The molecule has 0 amide bonds. The minimum atomic E-state index is -0.719. The van der Waals surface area contributed by atoms with E-state index in [1.54, 1.807) is 26.8 Å². The van der Waals surface area contributed by atoms with Crippen LogP contribution in [0.25, 0.3) is 22.0 Å². The van der Waals surface area contributed by atoms with Crippen molar-refractivity contribution in [2.24, 2.45) is 0 Å². The Labute approximate surface area is 219 Å². The molecule has 0 saturated heterocycles. The van der Waals surface area contributed by atoms with Crippen molar-refractivity contribution in [1.82, 2.24) is 4.57 Å². The summed E-state index contributed by atoms with van der Waals surface area (Å²) in [5.74, 6) is -0.270. The van der Waals surface area contributed by atoms with E-state index in [1.165, 1.54) is 23.8 Å². The van der Waals surface area contributed by atoms with E-state index in [1.807, 2.05) is 48.5 Å². The Hall–Kier alpha value is -3.84. The van der Waals surface area contributed by atoms with Gasteiger partial charge in [-0.2, -0.15) is 0 Å². The van der Waals surface area contributed by atoms with E-state index < -0.39 is 17.5 Å². The van der Waals surface area contributed by atoms with Gasteiger partial charge in [0.1, 0.15) is 23.8 Å². The molecule has 8 heteroatoms. The first-order valence-electron chi connectivity index (χ1n) is 11.7. The zero-order chi connectivity index (χ0) is 26.7. The number of hydrogen-bond acceptors (Lipinski definition) is 5. The molecule has 0 aliphatic carbocycles. The molecule has 6 nitrogen and oxygen atoms in total. The monoisotopic (exact) mass is 523 g/mol. The third-order valence-corrected chi connectivity index (χ3v) is 6.01. The molecular formula is C29H27ClFNO5. The number of fused-ring (bicyclic) bond motifs is 1. The molecule has 0 bridgehead atoms. The van der Waals surface area contributed by atoms with Gasteiger partial charge in [0.2, 0.25) is 0 Å². The Morgan fingerprint density at radius 1 is 0.946 bits per heavy atom. The first kappa shape index (κ1) is 26.2. The van der Waals surface area contributed by atoms with Crippen molar-refractivity contribution >= 4 is 34.6 Å². The van der Waals surface area contributed by atoms with Crippen molar-refractivity contribution in [2.75, 3.05) is 7.11 Å². The van der Waals surface area contributed by atoms with E-state index in [9.17, 15) is 14.0 Å². The van der Waals surface area contributed by atoms with Gasteiger partial charge in [0, 0.05) is 5.39 Å². The maximum absolute atomic E-state index is 14.1. The van der Waals surface area contributed by atoms with Crippen LogP contribution in [0.3, 0.4) is 0 Å². The van der Waals surface area contributed by atoms with Gasteiger partial charge in [-0.3, -0.25) is 4.79 Å². The molecule has 3 aromatic carbocycles. The van der Waals surface area contributed by atoms with Crippen LogP contribution in [0.15, 0.2) is 66.7 Å². The molecule has 0 spiro atoms. The number of halogens is 2. The van der Waals surface area contributed by atoms with Crippen LogP contribution in [0.2, 0.25) is 5.02 Å². The summed E-state index contributed by atoms with van der Waals surface area (Å²) < 4.78 is 31.7. The normalized spacial score (nSPS) is 11.4. The van der Waals surface area contributed by atoms with Gasteiger partial charge in [-0.15, -0.1) is 0 Å². The van der Waals surface area contributed by atoms with Gasteiger partial charge in [-0.25, -0.2) is 13.8 Å². The van der Waals surface area contributed by atoms with Crippen LogP contribution in [0.5, 0.6) is 5.75 Å². The summed E-state index contributed by atoms with van der Waals surface area (Å²) in [5, 5.41) is 0.333. The Kier molecular flexibility index (Phi) is 7.55. The lowest BCUT2D eigenvalue weighted by molar-refractivity contribution is -0.139. The van der Waals surface area contributed by atoms with E-state index in [0.717, 1.165) is 16.7 Å². The van der Waals surface area contributed by atoms with Crippen LogP contribution in [-0.4, -0.2) is 29.3 Å². The van der Waals surface area contributed by atoms with Gasteiger partial charge in [-0.05, 0) is 67.8 Å². The van der Waals surface area contributed by atoms with E-state index >= 15 is 0 Å². The molecule has 0 N–H and O–H groups in total. The summed E-state index contributed by atoms with van der Waals surface area (Å²) in [6, 6.07) is 19.5. The summed E-state index contributed by atoms with van der Waals surface area (Å²) in [5.41, 5.74) is 3.02. The van der Waals surface area contributed by atoms with Crippen LogP contribution < -0.4 is 4.74 Å². The van der Waals surface area contributed by atoms with E-state index in [2.05, 4.69) is 0 Å². The second-order valence-electron chi connectivity index (χ2n) is 9.51. The number of methoxy groups -OCH3 is 1. The quantitative estimate of drug-likeness (QED) is 0.250. The maximum atomic E-state index is 14.1. The van der Waals surface area contributed by atoms with Crippen molar-refractivity contribution in [2.45, 2.75) is 39.4 Å². The molecule has 37 heavy (non-hydrogen) atoms. The Morgan fingerprint density at radius 3 is 2.16 bits per heavy atom. The lowest BCUT2D eigenvalue weighted by Gasteiger charge is -2.21. The number of ether oxygens (including phenoxy) is 3. The van der Waals surface area contributed by atoms with Gasteiger partial charge in [-0.1, -0.05) is 48.0 Å². The van der Waals surface area contributed by atoms with Gasteiger partial charge in [0.15, 0.2) is 0 Å². The van der Waals surface area contributed by atoms with Crippen LogP contribution in [0.4, 0.5) is 9.18 Å². The van der Waals surface area contributed by atoms with E-state index in [0.29, 0.717) is 22.3 Å². The number of benzene rings is 3. The number of nitrogens with zero attached hydrogens (tertiary/aromatic N) is 1. The summed E-state index contributed by atoms with van der Waals surface area (Å²) >= 11 is 6.18. The number of esters is 1. The first-order chi connectivity index (χ1) is 17.6. The summed E-state index contributed by atoms with van der Waals surface area (Å²) in [7, 11) is 1.37. The summed E-state index contributed by atoms with van der Waals surface area (Å²) in [6.45, 7) is 5.35. The number of aromatic nitrogens is 1. The Bertz CT molecular complexity index is 1440. The van der Waals surface area contributed by atoms with Crippen LogP contribution in [0, 0.1) is 5.82 Å². The number of carbonyl (C=O) groups is 2. The minimum Gasteiger partial charge on any atom is -0.487 e. The van der Waals surface area contributed by atoms with Crippen molar-refractivity contribution < 1.29 is 28.2 Å². The van der Waals surface area contributed by atoms with Crippen LogP contribution in [0.1, 0.15) is 32.0 Å². The average molecular weight is 524 g/mol.